The van der Waals surface area contributed by atoms with Crippen LogP contribution in [0.2, 0.25) is 0 Å². The van der Waals surface area contributed by atoms with E-state index in [0.29, 0.717) is 6.54 Å². The van der Waals surface area contributed by atoms with Crippen molar-refractivity contribution in [3.05, 3.63) is 23.9 Å². The molecule has 2 heteroatoms. The zero-order valence-electron chi connectivity index (χ0n) is 9.51. The van der Waals surface area contributed by atoms with Crippen molar-refractivity contribution in [2.45, 2.75) is 27.2 Å². The summed E-state index contributed by atoms with van der Waals surface area (Å²) >= 11 is 0. The van der Waals surface area contributed by atoms with E-state index in [2.05, 4.69) is 44.3 Å². The topological polar surface area (TPSA) is 29.0 Å². The molecule has 0 bridgehead atoms. The van der Waals surface area contributed by atoms with E-state index in [1.807, 2.05) is 0 Å². The summed E-state index contributed by atoms with van der Waals surface area (Å²) in [6.07, 6.45) is 5.44. The van der Waals surface area contributed by atoms with E-state index in [9.17, 15) is 0 Å². The summed E-state index contributed by atoms with van der Waals surface area (Å²) in [7, 11) is 0. The van der Waals surface area contributed by atoms with Crippen molar-refractivity contribution in [3.8, 4) is 0 Å². The molecule has 1 heterocycles. The van der Waals surface area contributed by atoms with Crippen LogP contribution < -0.4 is 5.73 Å². The molecule has 1 rings (SSSR count). The van der Waals surface area contributed by atoms with Gasteiger partial charge in [-0.2, -0.15) is 0 Å². The molecule has 14 heavy (non-hydrogen) atoms. The maximum absolute atomic E-state index is 5.51. The zero-order valence-corrected chi connectivity index (χ0v) is 9.51. The van der Waals surface area contributed by atoms with E-state index >= 15 is 0 Å². The highest BCUT2D eigenvalue weighted by Gasteiger charge is 2.29. The predicted octanol–water partition coefficient (Wildman–Crippen LogP) is 1.92. The summed E-state index contributed by atoms with van der Waals surface area (Å²) in [5, 5.41) is 0. The van der Waals surface area contributed by atoms with Gasteiger partial charge in [0.2, 0.25) is 0 Å². The Morgan fingerprint density at radius 3 is 2.79 bits per heavy atom. The molecule has 0 spiro atoms. The molecule has 2 N–H and O–H groups in total. The molecule has 1 aliphatic heterocycles. The van der Waals surface area contributed by atoms with Crippen LogP contribution in [-0.2, 0) is 0 Å². The van der Waals surface area contributed by atoms with Gasteiger partial charge >= 0.3 is 0 Å². The van der Waals surface area contributed by atoms with E-state index in [4.69, 9.17) is 5.73 Å². The SMILES string of the molecule is C=C(C)C(C)(C)C1=C[N+](CCN)=CC1. The molecule has 0 aromatic carbocycles. The lowest BCUT2D eigenvalue weighted by Gasteiger charge is -2.24. The van der Waals surface area contributed by atoms with Crippen LogP contribution in [0.3, 0.4) is 0 Å². The normalized spacial score (nSPS) is 16.6. The van der Waals surface area contributed by atoms with Crippen LogP contribution in [0.5, 0.6) is 0 Å². The Morgan fingerprint density at radius 1 is 1.64 bits per heavy atom. The van der Waals surface area contributed by atoms with E-state index in [1.165, 1.54) is 11.1 Å². The van der Waals surface area contributed by atoms with Crippen LogP contribution in [0.25, 0.3) is 0 Å². The minimum Gasteiger partial charge on any atom is -0.325 e. The summed E-state index contributed by atoms with van der Waals surface area (Å²) in [5.41, 5.74) is 8.27. The summed E-state index contributed by atoms with van der Waals surface area (Å²) in [6.45, 7) is 12.2. The number of nitrogens with zero attached hydrogens (tertiary/aromatic N) is 1. The Bertz CT molecular complexity index is 295. The number of nitrogens with two attached hydrogens (primary N) is 1. The molecule has 0 atom stereocenters. The smallest absolute Gasteiger partial charge is 0.169 e. The van der Waals surface area contributed by atoms with Crippen LogP contribution in [0.1, 0.15) is 27.2 Å². The van der Waals surface area contributed by atoms with Crippen molar-refractivity contribution in [2.24, 2.45) is 11.1 Å². The van der Waals surface area contributed by atoms with Gasteiger partial charge in [-0.1, -0.05) is 26.0 Å². The molecular formula is C12H21N2+. The Hall–Kier alpha value is -0.890. The first kappa shape index (κ1) is 11.2. The van der Waals surface area contributed by atoms with Crippen LogP contribution in [0.4, 0.5) is 0 Å². The monoisotopic (exact) mass is 193 g/mol. The molecule has 0 aromatic heterocycles. The highest BCUT2D eigenvalue weighted by Crippen LogP contribution is 2.36. The van der Waals surface area contributed by atoms with Gasteiger partial charge in [-0.05, 0) is 6.92 Å². The van der Waals surface area contributed by atoms with Gasteiger partial charge in [0.15, 0.2) is 12.7 Å². The second-order valence-electron chi connectivity index (χ2n) is 4.47. The maximum atomic E-state index is 5.51. The van der Waals surface area contributed by atoms with Crippen molar-refractivity contribution < 1.29 is 4.58 Å². The molecule has 0 saturated carbocycles. The predicted molar refractivity (Wildman–Crippen MR) is 61.5 cm³/mol. The molecule has 1 aliphatic rings. The summed E-state index contributed by atoms with van der Waals surface area (Å²) in [6, 6.07) is 0. The van der Waals surface area contributed by atoms with E-state index in [1.54, 1.807) is 0 Å². The molecule has 0 radical (unpaired) electrons. The van der Waals surface area contributed by atoms with Crippen molar-refractivity contribution in [1.82, 2.24) is 0 Å². The Morgan fingerprint density at radius 2 is 2.29 bits per heavy atom. The summed E-state index contributed by atoms with van der Waals surface area (Å²) < 4.78 is 2.18. The minimum absolute atomic E-state index is 0.111. The molecule has 0 saturated heterocycles. The lowest BCUT2D eigenvalue weighted by atomic mass is 9.78. The summed E-state index contributed by atoms with van der Waals surface area (Å²) in [4.78, 5) is 0. The Kier molecular flexibility index (Phi) is 3.27. The highest BCUT2D eigenvalue weighted by molar-refractivity contribution is 5.60. The van der Waals surface area contributed by atoms with Gasteiger partial charge < -0.3 is 5.73 Å². The van der Waals surface area contributed by atoms with Crippen LogP contribution in [0, 0.1) is 5.41 Å². The highest BCUT2D eigenvalue weighted by atomic mass is 15.0. The molecule has 2 nitrogen and oxygen atoms in total. The largest absolute Gasteiger partial charge is 0.325 e. The molecule has 78 valence electrons. The quantitative estimate of drug-likeness (QED) is 0.536. The van der Waals surface area contributed by atoms with Gasteiger partial charge in [-0.25, -0.2) is 4.58 Å². The van der Waals surface area contributed by atoms with Crippen LogP contribution in [0.15, 0.2) is 23.9 Å². The van der Waals surface area contributed by atoms with Gasteiger partial charge in [0, 0.05) is 11.0 Å². The third-order valence-corrected chi connectivity index (χ3v) is 3.12. The standard InChI is InChI=1S/C12H21N2/c1-10(2)12(3,4)11-5-7-14(9-11)8-6-13/h7,9H,1,5-6,8,13H2,2-4H3/q+1. The third-order valence-electron chi connectivity index (χ3n) is 3.12. The van der Waals surface area contributed by atoms with Gasteiger partial charge in [-0.15, -0.1) is 0 Å². The lowest BCUT2D eigenvalue weighted by Crippen LogP contribution is -2.16. The van der Waals surface area contributed by atoms with Gasteiger partial charge in [0.1, 0.15) is 6.21 Å². The Labute approximate surface area is 86.8 Å². The fourth-order valence-electron chi connectivity index (χ4n) is 1.52. The average Bonchev–Trinajstić information content (AvgIpc) is 2.53. The average molecular weight is 193 g/mol. The minimum atomic E-state index is 0.111. The zero-order chi connectivity index (χ0) is 10.8. The third kappa shape index (κ3) is 2.13. The molecule has 0 unspecified atom stereocenters. The number of hydrogen-bond acceptors (Lipinski definition) is 1. The van der Waals surface area contributed by atoms with Crippen molar-refractivity contribution in [2.75, 3.05) is 13.1 Å². The molecule has 0 amide bonds. The fourth-order valence-corrected chi connectivity index (χ4v) is 1.52. The van der Waals surface area contributed by atoms with Crippen LogP contribution >= 0.6 is 0 Å². The van der Waals surface area contributed by atoms with E-state index in [0.717, 1.165) is 13.0 Å². The molecular weight excluding hydrogens is 172 g/mol. The second-order valence-corrected chi connectivity index (χ2v) is 4.47. The lowest BCUT2D eigenvalue weighted by molar-refractivity contribution is -0.447. The number of rotatable bonds is 4. The maximum Gasteiger partial charge on any atom is 0.169 e. The first-order valence-corrected chi connectivity index (χ1v) is 5.14. The first-order chi connectivity index (χ1) is 6.48. The second kappa shape index (κ2) is 4.09. The van der Waals surface area contributed by atoms with Gasteiger partial charge in [0.05, 0.1) is 13.0 Å². The van der Waals surface area contributed by atoms with Crippen LogP contribution in [-0.4, -0.2) is 23.9 Å². The van der Waals surface area contributed by atoms with Crippen molar-refractivity contribution >= 4 is 6.21 Å². The molecule has 0 aliphatic carbocycles. The molecule has 0 aromatic rings. The van der Waals surface area contributed by atoms with Crippen molar-refractivity contribution in [1.29, 1.82) is 0 Å². The number of allylic oxidation sites excluding steroid dienone is 2. The van der Waals surface area contributed by atoms with Crippen molar-refractivity contribution in [3.63, 3.8) is 0 Å². The van der Waals surface area contributed by atoms with Gasteiger partial charge in [0.25, 0.3) is 0 Å². The fraction of sp³-hybridized carbons (Fsp3) is 0.583. The summed E-state index contributed by atoms with van der Waals surface area (Å²) in [5.74, 6) is 0. The van der Waals surface area contributed by atoms with Gasteiger partial charge in [-0.3, -0.25) is 0 Å². The Balaban J connectivity index is 2.76. The number of hydrogen-bond donors (Lipinski definition) is 1. The van der Waals surface area contributed by atoms with E-state index < -0.39 is 0 Å². The first-order valence-electron chi connectivity index (χ1n) is 5.14. The molecule has 0 fully saturated rings. The van der Waals surface area contributed by atoms with E-state index in [-0.39, 0.29) is 5.41 Å².